The van der Waals surface area contributed by atoms with Crippen LogP contribution in [0.15, 0.2) is 47.4 Å². The average Bonchev–Trinajstić information content (AvgIpc) is 2.48. The van der Waals surface area contributed by atoms with Crippen LogP contribution in [-0.4, -0.2) is 18.4 Å². The van der Waals surface area contributed by atoms with Gasteiger partial charge in [0.25, 0.3) is 0 Å². The normalized spacial score (nSPS) is 12.1. The van der Waals surface area contributed by atoms with Crippen LogP contribution in [0.5, 0.6) is 5.75 Å². The molecule has 1 N–H and O–H groups in total. The maximum atomic E-state index is 12.5. The Morgan fingerprint density at radius 3 is 2.52 bits per heavy atom. The number of benzene rings is 2. The van der Waals surface area contributed by atoms with E-state index >= 15 is 0 Å². The monoisotopic (exact) mass is 323 g/mol. The Morgan fingerprint density at radius 1 is 1.19 bits per heavy atom. The first-order valence-corrected chi connectivity index (χ1v) is 8.28. The predicted molar refractivity (Wildman–Crippen MR) is 87.3 cm³/mol. The van der Waals surface area contributed by atoms with Crippen LogP contribution in [0, 0.1) is 0 Å². The topological polar surface area (TPSA) is 38.3 Å². The lowest BCUT2D eigenvalue weighted by molar-refractivity contribution is 0.411. The summed E-state index contributed by atoms with van der Waals surface area (Å²) in [4.78, 5) is 0.764. The van der Waals surface area contributed by atoms with Gasteiger partial charge in [-0.05, 0) is 49.0 Å². The fourth-order valence-electron chi connectivity index (χ4n) is 2.07. The molecule has 0 spiro atoms. The Labute approximate surface area is 132 Å². The lowest BCUT2D eigenvalue weighted by Crippen LogP contribution is -2.06. The zero-order chi connectivity index (χ0) is 15.2. The van der Waals surface area contributed by atoms with Gasteiger partial charge in [-0.25, -0.2) is 0 Å². The van der Waals surface area contributed by atoms with Gasteiger partial charge in [0.2, 0.25) is 0 Å². The number of hydrogen-bond donors (Lipinski definition) is 1. The van der Waals surface area contributed by atoms with Crippen molar-refractivity contribution in [3.63, 3.8) is 0 Å². The molecule has 0 amide bonds. The quantitative estimate of drug-likeness (QED) is 0.885. The van der Waals surface area contributed by atoms with E-state index in [2.05, 4.69) is 5.32 Å². The fourth-order valence-corrected chi connectivity index (χ4v) is 3.31. The van der Waals surface area contributed by atoms with Crippen LogP contribution < -0.4 is 10.1 Å². The molecule has 2 aromatic carbocycles. The minimum absolute atomic E-state index is 0.419. The highest BCUT2D eigenvalue weighted by molar-refractivity contribution is 7.84. The summed E-state index contributed by atoms with van der Waals surface area (Å²) in [5.74, 6) is 1.18. The molecular formula is C16H18ClNO2S. The Morgan fingerprint density at radius 2 is 1.90 bits per heavy atom. The van der Waals surface area contributed by atoms with Gasteiger partial charge in [0.1, 0.15) is 5.75 Å². The van der Waals surface area contributed by atoms with E-state index in [1.54, 1.807) is 31.4 Å². The molecule has 0 aliphatic heterocycles. The van der Waals surface area contributed by atoms with Crippen molar-refractivity contribution in [3.8, 4) is 5.75 Å². The van der Waals surface area contributed by atoms with Gasteiger partial charge in [-0.15, -0.1) is 0 Å². The first-order chi connectivity index (χ1) is 10.1. The minimum atomic E-state index is -1.13. The van der Waals surface area contributed by atoms with Crippen molar-refractivity contribution in [2.24, 2.45) is 0 Å². The molecule has 2 aromatic rings. The summed E-state index contributed by atoms with van der Waals surface area (Å²) in [6.45, 7) is 0.768. The molecule has 0 radical (unpaired) electrons. The van der Waals surface area contributed by atoms with Crippen LogP contribution in [0.2, 0.25) is 5.02 Å². The van der Waals surface area contributed by atoms with Crippen LogP contribution in [0.4, 0.5) is 0 Å². The van der Waals surface area contributed by atoms with Crippen LogP contribution in [0.1, 0.15) is 11.1 Å². The number of ether oxygens (including phenoxy) is 1. The Bertz CT molecular complexity index is 629. The van der Waals surface area contributed by atoms with Crippen LogP contribution in [0.3, 0.4) is 0 Å². The highest BCUT2D eigenvalue weighted by Crippen LogP contribution is 2.24. The standard InChI is InChI=1S/C16H18ClNO2S/c1-18-10-12-3-8-16(20-2)13(9-12)11-21(19)15-6-4-14(17)5-7-15/h3-9,18H,10-11H2,1-2H3. The van der Waals surface area contributed by atoms with Gasteiger partial charge in [-0.2, -0.15) is 0 Å². The van der Waals surface area contributed by atoms with Crippen molar-refractivity contribution in [3.05, 3.63) is 58.6 Å². The molecule has 1 unspecified atom stereocenters. The van der Waals surface area contributed by atoms with E-state index in [0.717, 1.165) is 28.3 Å². The number of hydrogen-bond acceptors (Lipinski definition) is 3. The molecule has 3 nitrogen and oxygen atoms in total. The molecule has 0 fully saturated rings. The molecule has 2 rings (SSSR count). The molecule has 21 heavy (non-hydrogen) atoms. The second-order valence-corrected chi connectivity index (χ2v) is 6.51. The summed E-state index contributed by atoms with van der Waals surface area (Å²) >= 11 is 5.85. The third-order valence-electron chi connectivity index (χ3n) is 3.09. The molecule has 1 atom stereocenters. The highest BCUT2D eigenvalue weighted by Gasteiger charge is 2.10. The Balaban J connectivity index is 2.22. The largest absolute Gasteiger partial charge is 0.496 e. The Kier molecular flexibility index (Phi) is 5.79. The molecule has 0 aliphatic rings. The van der Waals surface area contributed by atoms with E-state index in [0.29, 0.717) is 10.8 Å². The molecule has 0 aromatic heterocycles. The molecule has 0 bridgehead atoms. The van der Waals surface area contributed by atoms with Crippen LogP contribution in [-0.2, 0) is 23.1 Å². The number of rotatable bonds is 6. The third-order valence-corrected chi connectivity index (χ3v) is 4.71. The van der Waals surface area contributed by atoms with E-state index in [1.165, 1.54) is 0 Å². The van der Waals surface area contributed by atoms with Gasteiger partial charge < -0.3 is 10.1 Å². The first kappa shape index (κ1) is 16.0. The molecule has 0 saturated carbocycles. The minimum Gasteiger partial charge on any atom is -0.496 e. The van der Waals surface area contributed by atoms with Crippen LogP contribution in [0.25, 0.3) is 0 Å². The lowest BCUT2D eigenvalue weighted by Gasteiger charge is -2.11. The number of nitrogens with one attached hydrogen (secondary N) is 1. The summed E-state index contributed by atoms with van der Waals surface area (Å²) in [6.07, 6.45) is 0. The zero-order valence-electron chi connectivity index (χ0n) is 12.1. The van der Waals surface area contributed by atoms with E-state index in [-0.39, 0.29) is 0 Å². The molecular weight excluding hydrogens is 306 g/mol. The van der Waals surface area contributed by atoms with Crippen LogP contribution >= 0.6 is 11.6 Å². The SMILES string of the molecule is CNCc1ccc(OC)c(CS(=O)c2ccc(Cl)cc2)c1. The Hall–Kier alpha value is -1.36. The zero-order valence-corrected chi connectivity index (χ0v) is 13.6. The number of methoxy groups -OCH3 is 1. The highest BCUT2D eigenvalue weighted by atomic mass is 35.5. The maximum absolute atomic E-state index is 12.5. The summed E-state index contributed by atoms with van der Waals surface area (Å²) in [6, 6.07) is 13.0. The van der Waals surface area contributed by atoms with Gasteiger partial charge >= 0.3 is 0 Å². The average molecular weight is 324 g/mol. The predicted octanol–water partition coefficient (Wildman–Crippen LogP) is 3.38. The van der Waals surface area contributed by atoms with Gasteiger partial charge in [-0.1, -0.05) is 17.7 Å². The third kappa shape index (κ3) is 4.30. The molecule has 0 aliphatic carbocycles. The van der Waals surface area contributed by atoms with Crippen molar-refractivity contribution in [2.45, 2.75) is 17.2 Å². The van der Waals surface area contributed by atoms with E-state index < -0.39 is 10.8 Å². The van der Waals surface area contributed by atoms with Crippen molar-refractivity contribution in [1.82, 2.24) is 5.32 Å². The first-order valence-electron chi connectivity index (χ1n) is 6.58. The van der Waals surface area contributed by atoms with E-state index in [4.69, 9.17) is 16.3 Å². The second kappa shape index (κ2) is 7.59. The van der Waals surface area contributed by atoms with Crippen molar-refractivity contribution in [1.29, 1.82) is 0 Å². The lowest BCUT2D eigenvalue weighted by atomic mass is 10.1. The molecule has 0 saturated heterocycles. The molecule has 5 heteroatoms. The van der Waals surface area contributed by atoms with Crippen molar-refractivity contribution in [2.75, 3.05) is 14.2 Å². The van der Waals surface area contributed by atoms with Gasteiger partial charge in [0.15, 0.2) is 0 Å². The van der Waals surface area contributed by atoms with Gasteiger partial charge in [-0.3, -0.25) is 4.21 Å². The van der Waals surface area contributed by atoms with Crippen molar-refractivity contribution < 1.29 is 8.95 Å². The molecule has 112 valence electrons. The maximum Gasteiger partial charge on any atom is 0.123 e. The summed E-state index contributed by atoms with van der Waals surface area (Å²) in [5.41, 5.74) is 2.08. The summed E-state index contributed by atoms with van der Waals surface area (Å²) in [7, 11) is 2.40. The van der Waals surface area contributed by atoms with Gasteiger partial charge in [0, 0.05) is 22.0 Å². The van der Waals surface area contributed by atoms with E-state index in [1.807, 2.05) is 25.2 Å². The van der Waals surface area contributed by atoms with Crippen molar-refractivity contribution >= 4 is 22.4 Å². The van der Waals surface area contributed by atoms with Gasteiger partial charge in [0.05, 0.1) is 23.7 Å². The smallest absolute Gasteiger partial charge is 0.123 e. The second-order valence-electron chi connectivity index (χ2n) is 4.62. The van der Waals surface area contributed by atoms with E-state index in [9.17, 15) is 4.21 Å². The fraction of sp³-hybridized carbons (Fsp3) is 0.250. The number of halogens is 1. The summed E-state index contributed by atoms with van der Waals surface area (Å²) in [5, 5.41) is 3.75. The molecule has 0 heterocycles. The summed E-state index contributed by atoms with van der Waals surface area (Å²) < 4.78 is 17.8.